The maximum atomic E-state index is 9.29. The van der Waals surface area contributed by atoms with E-state index in [4.69, 9.17) is 11.6 Å². The molecule has 1 unspecified atom stereocenters. The fourth-order valence-electron chi connectivity index (χ4n) is 1.96. The van der Waals surface area contributed by atoms with Gasteiger partial charge in [-0.1, -0.05) is 18.5 Å². The molecule has 0 aliphatic heterocycles. The van der Waals surface area contributed by atoms with E-state index in [9.17, 15) is 5.26 Å². The first-order chi connectivity index (χ1) is 9.06. The summed E-state index contributed by atoms with van der Waals surface area (Å²) < 4.78 is 0. The first-order valence-electron chi connectivity index (χ1n) is 6.30. The maximum Gasteiger partial charge on any atom is 0.130 e. The molecule has 3 nitrogen and oxygen atoms in total. The van der Waals surface area contributed by atoms with Gasteiger partial charge in [0, 0.05) is 23.5 Å². The van der Waals surface area contributed by atoms with Gasteiger partial charge in [0.1, 0.15) is 5.82 Å². The Balaban J connectivity index is 2.61. The fraction of sp³-hybridized carbons (Fsp3) is 0.333. The van der Waals surface area contributed by atoms with Gasteiger partial charge >= 0.3 is 0 Å². The van der Waals surface area contributed by atoms with Gasteiger partial charge in [-0.05, 0) is 37.6 Å². The smallest absolute Gasteiger partial charge is 0.130 e. The number of nitrogens with zero attached hydrogens (tertiary/aromatic N) is 3. The van der Waals surface area contributed by atoms with Crippen molar-refractivity contribution in [2.75, 3.05) is 11.9 Å². The Bertz CT molecular complexity index is 646. The average Bonchev–Trinajstić information content (AvgIpc) is 2.44. The zero-order chi connectivity index (χ0) is 14.0. The highest BCUT2D eigenvalue weighted by atomic mass is 35.5. The number of pyridine rings is 1. The summed E-state index contributed by atoms with van der Waals surface area (Å²) in [6.45, 7) is 4.27. The van der Waals surface area contributed by atoms with Crippen molar-refractivity contribution in [2.24, 2.45) is 0 Å². The van der Waals surface area contributed by atoms with Crippen LogP contribution in [-0.2, 0) is 0 Å². The van der Waals surface area contributed by atoms with Crippen molar-refractivity contribution in [3.05, 3.63) is 34.9 Å². The van der Waals surface area contributed by atoms with Gasteiger partial charge in [-0.3, -0.25) is 0 Å². The van der Waals surface area contributed by atoms with Crippen molar-refractivity contribution in [3.63, 3.8) is 0 Å². The summed E-state index contributed by atoms with van der Waals surface area (Å²) in [7, 11) is 2.00. The van der Waals surface area contributed by atoms with Crippen LogP contribution >= 0.6 is 11.6 Å². The fourth-order valence-corrected chi connectivity index (χ4v) is 2.13. The van der Waals surface area contributed by atoms with Crippen LogP contribution in [0.15, 0.2) is 24.3 Å². The van der Waals surface area contributed by atoms with E-state index >= 15 is 0 Å². The Labute approximate surface area is 118 Å². The molecule has 98 valence electrons. The second kappa shape index (κ2) is 5.46. The van der Waals surface area contributed by atoms with Gasteiger partial charge in [-0.2, -0.15) is 5.26 Å². The summed E-state index contributed by atoms with van der Waals surface area (Å²) in [5.74, 6) is 0.820. The number of hydrogen-bond donors (Lipinski definition) is 0. The number of hydrogen-bond acceptors (Lipinski definition) is 3. The summed E-state index contributed by atoms with van der Waals surface area (Å²) in [4.78, 5) is 6.70. The van der Waals surface area contributed by atoms with Gasteiger partial charge in [0.2, 0.25) is 0 Å². The molecule has 1 atom stereocenters. The molecular weight excluding hydrogens is 258 g/mol. The number of fused-ring (bicyclic) bond motifs is 1. The van der Waals surface area contributed by atoms with Crippen molar-refractivity contribution in [1.29, 1.82) is 5.26 Å². The lowest BCUT2D eigenvalue weighted by Crippen LogP contribution is -2.28. The van der Waals surface area contributed by atoms with Crippen molar-refractivity contribution in [1.82, 2.24) is 4.98 Å². The van der Waals surface area contributed by atoms with Crippen LogP contribution in [0.2, 0.25) is 5.02 Å². The molecule has 1 aromatic carbocycles. The zero-order valence-electron chi connectivity index (χ0n) is 11.3. The van der Waals surface area contributed by atoms with E-state index in [2.05, 4.69) is 29.8 Å². The van der Waals surface area contributed by atoms with Crippen LogP contribution in [0.1, 0.15) is 25.8 Å². The van der Waals surface area contributed by atoms with Gasteiger partial charge < -0.3 is 4.90 Å². The molecule has 0 bridgehead atoms. The molecule has 2 rings (SSSR count). The van der Waals surface area contributed by atoms with E-state index in [1.807, 2.05) is 19.2 Å². The molecule has 0 aliphatic rings. The third-order valence-corrected chi connectivity index (χ3v) is 3.73. The Kier molecular flexibility index (Phi) is 3.92. The van der Waals surface area contributed by atoms with Gasteiger partial charge in [0.05, 0.1) is 17.1 Å². The molecule has 4 heteroatoms. The maximum absolute atomic E-state index is 9.29. The molecule has 1 aromatic heterocycles. The zero-order valence-corrected chi connectivity index (χ0v) is 12.1. The van der Waals surface area contributed by atoms with E-state index in [0.29, 0.717) is 16.6 Å². The molecule has 19 heavy (non-hydrogen) atoms. The molecule has 0 spiro atoms. The molecule has 1 heterocycles. The van der Waals surface area contributed by atoms with Crippen LogP contribution in [0.25, 0.3) is 10.9 Å². The normalized spacial score (nSPS) is 12.2. The third kappa shape index (κ3) is 2.64. The van der Waals surface area contributed by atoms with Crippen LogP contribution in [0.3, 0.4) is 0 Å². The van der Waals surface area contributed by atoms with Crippen molar-refractivity contribution >= 4 is 28.3 Å². The molecule has 0 aliphatic carbocycles. The van der Waals surface area contributed by atoms with Gasteiger partial charge in [0.25, 0.3) is 0 Å². The second-order valence-electron chi connectivity index (χ2n) is 4.67. The lowest BCUT2D eigenvalue weighted by molar-refractivity contribution is 0.658. The minimum atomic E-state index is 0.379. The Morgan fingerprint density at radius 3 is 2.79 bits per heavy atom. The van der Waals surface area contributed by atoms with Gasteiger partial charge in [-0.25, -0.2) is 4.98 Å². The first kappa shape index (κ1) is 13.6. The lowest BCUT2D eigenvalue weighted by Gasteiger charge is -2.25. The largest absolute Gasteiger partial charge is 0.357 e. The van der Waals surface area contributed by atoms with E-state index in [0.717, 1.165) is 23.1 Å². The quantitative estimate of drug-likeness (QED) is 0.849. The van der Waals surface area contributed by atoms with Crippen LogP contribution in [-0.4, -0.2) is 18.1 Å². The Morgan fingerprint density at radius 1 is 1.42 bits per heavy atom. The van der Waals surface area contributed by atoms with E-state index in [1.165, 1.54) is 0 Å². The van der Waals surface area contributed by atoms with Crippen LogP contribution in [0.4, 0.5) is 5.82 Å². The lowest BCUT2D eigenvalue weighted by atomic mass is 10.1. The summed E-state index contributed by atoms with van der Waals surface area (Å²) in [6, 6.07) is 9.86. The standard InChI is InChI=1S/C15H16ClN3/c1-4-10(2)19(3)15-7-11(9-17)13-8-12(16)5-6-14(13)18-15/h5-8,10H,4H2,1-3H3. The monoisotopic (exact) mass is 273 g/mol. The minimum absolute atomic E-state index is 0.379. The third-order valence-electron chi connectivity index (χ3n) is 3.49. The highest BCUT2D eigenvalue weighted by Gasteiger charge is 2.12. The second-order valence-corrected chi connectivity index (χ2v) is 5.11. The number of rotatable bonds is 3. The topological polar surface area (TPSA) is 39.9 Å². The van der Waals surface area contributed by atoms with E-state index < -0.39 is 0 Å². The van der Waals surface area contributed by atoms with Crippen molar-refractivity contribution < 1.29 is 0 Å². The molecule has 0 fully saturated rings. The van der Waals surface area contributed by atoms with Crippen molar-refractivity contribution in [2.45, 2.75) is 26.3 Å². The summed E-state index contributed by atoms with van der Waals surface area (Å²) >= 11 is 5.98. The van der Waals surface area contributed by atoms with E-state index in [-0.39, 0.29) is 0 Å². The van der Waals surface area contributed by atoms with Gasteiger partial charge in [0.15, 0.2) is 0 Å². The molecule has 0 saturated carbocycles. The first-order valence-corrected chi connectivity index (χ1v) is 6.67. The van der Waals surface area contributed by atoms with Gasteiger partial charge in [-0.15, -0.1) is 0 Å². The molecule has 2 aromatic rings. The Hall–Kier alpha value is -1.79. The minimum Gasteiger partial charge on any atom is -0.357 e. The van der Waals surface area contributed by atoms with Crippen LogP contribution in [0, 0.1) is 11.3 Å². The van der Waals surface area contributed by atoms with Crippen LogP contribution in [0.5, 0.6) is 0 Å². The molecule has 0 radical (unpaired) electrons. The highest BCUT2D eigenvalue weighted by Crippen LogP contribution is 2.25. The highest BCUT2D eigenvalue weighted by molar-refractivity contribution is 6.31. The van der Waals surface area contributed by atoms with Crippen LogP contribution < -0.4 is 4.90 Å². The molecular formula is C15H16ClN3. The number of anilines is 1. The number of aromatic nitrogens is 1. The number of halogens is 1. The summed E-state index contributed by atoms with van der Waals surface area (Å²) in [5.41, 5.74) is 1.41. The summed E-state index contributed by atoms with van der Waals surface area (Å²) in [6.07, 6.45) is 1.03. The van der Waals surface area contributed by atoms with E-state index in [1.54, 1.807) is 12.1 Å². The average molecular weight is 274 g/mol. The number of nitriles is 1. The predicted molar refractivity (Wildman–Crippen MR) is 79.6 cm³/mol. The predicted octanol–water partition coefficient (Wildman–Crippen LogP) is 3.99. The van der Waals surface area contributed by atoms with Crippen molar-refractivity contribution in [3.8, 4) is 6.07 Å². The SMILES string of the molecule is CCC(C)N(C)c1cc(C#N)c2cc(Cl)ccc2n1. The summed E-state index contributed by atoms with van der Waals surface area (Å²) in [5, 5.41) is 10.7. The molecule has 0 amide bonds. The number of benzene rings is 1. The molecule has 0 saturated heterocycles. The molecule has 0 N–H and O–H groups in total. The Morgan fingerprint density at radius 2 is 2.16 bits per heavy atom.